The molecule has 224 valence electrons. The molecule has 0 fully saturated rings. The Morgan fingerprint density at radius 1 is 0.905 bits per heavy atom. The monoisotopic (exact) mass is 572 g/mol. The van der Waals surface area contributed by atoms with Crippen LogP contribution >= 0.6 is 0 Å². The number of aliphatic imine (C=N–C) groups is 1. The summed E-state index contributed by atoms with van der Waals surface area (Å²) in [5.74, 6) is 0.901. The number of hydrogen-bond donors (Lipinski definition) is 0. The van der Waals surface area contributed by atoms with Gasteiger partial charge in [0.05, 0.1) is 18.6 Å². The van der Waals surface area contributed by atoms with Crippen LogP contribution in [0.3, 0.4) is 0 Å². The number of unbranched alkanes of at least 4 members (excludes halogenated alkanes) is 6. The van der Waals surface area contributed by atoms with Crippen molar-refractivity contribution in [2.45, 2.75) is 83.9 Å². The predicted molar refractivity (Wildman–Crippen MR) is 168 cm³/mol. The first-order valence-corrected chi connectivity index (χ1v) is 15.4. The van der Waals surface area contributed by atoms with Gasteiger partial charge in [-0.2, -0.15) is 0 Å². The Morgan fingerprint density at radius 3 is 2.40 bits per heavy atom. The van der Waals surface area contributed by atoms with Gasteiger partial charge in [-0.25, -0.2) is 9.79 Å². The van der Waals surface area contributed by atoms with Gasteiger partial charge in [-0.1, -0.05) is 57.6 Å². The molecule has 1 atom stereocenters. The second-order valence-electron chi connectivity index (χ2n) is 11.8. The van der Waals surface area contributed by atoms with Crippen LogP contribution in [-0.2, 0) is 14.9 Å². The van der Waals surface area contributed by atoms with Crippen molar-refractivity contribution in [2.24, 2.45) is 4.99 Å². The van der Waals surface area contributed by atoms with E-state index in [4.69, 9.17) is 23.9 Å². The van der Waals surface area contributed by atoms with E-state index >= 15 is 0 Å². The zero-order chi connectivity index (χ0) is 29.7. The molecule has 0 bridgehead atoms. The quantitative estimate of drug-likeness (QED) is 0.154. The maximum Gasteiger partial charge on any atom is 0.344 e. The molecule has 5 rings (SSSR count). The lowest BCUT2D eigenvalue weighted by atomic mass is 9.81. The molecule has 7 heteroatoms. The van der Waals surface area contributed by atoms with Crippen LogP contribution in [0.5, 0.6) is 17.2 Å². The van der Waals surface area contributed by atoms with E-state index < -0.39 is 17.2 Å². The van der Waals surface area contributed by atoms with Crippen LogP contribution in [0.15, 0.2) is 53.5 Å². The molecule has 0 aliphatic carbocycles. The molecule has 2 heterocycles. The third kappa shape index (κ3) is 5.66. The van der Waals surface area contributed by atoms with E-state index in [0.717, 1.165) is 52.1 Å². The fourth-order valence-electron chi connectivity index (χ4n) is 6.14. The highest BCUT2D eigenvalue weighted by atomic mass is 16.6. The van der Waals surface area contributed by atoms with Crippen LogP contribution in [0.4, 0.5) is 5.69 Å². The predicted octanol–water partition coefficient (Wildman–Crippen LogP) is 7.80. The molecule has 1 spiro atoms. The third-order valence-electron chi connectivity index (χ3n) is 8.57. The summed E-state index contributed by atoms with van der Waals surface area (Å²) in [5.41, 5.74) is 2.67. The molecular weight excluding hydrogens is 528 g/mol. The number of anilines is 1. The molecule has 1 unspecified atom stereocenters. The van der Waals surface area contributed by atoms with Gasteiger partial charge in [0.1, 0.15) is 17.2 Å². The number of carbonyl (C=O) groups excluding carboxylic acids is 1. The maximum absolute atomic E-state index is 11.8. The summed E-state index contributed by atoms with van der Waals surface area (Å²) in [5, 5.41) is 1.98. The average molecular weight is 573 g/mol. The van der Waals surface area contributed by atoms with Gasteiger partial charge in [-0.3, -0.25) is 0 Å². The molecule has 2 aliphatic rings. The molecule has 0 radical (unpaired) electrons. The lowest BCUT2D eigenvalue weighted by Crippen LogP contribution is -2.58. The smallest absolute Gasteiger partial charge is 0.344 e. The van der Waals surface area contributed by atoms with Gasteiger partial charge in [-0.05, 0) is 79.9 Å². The van der Waals surface area contributed by atoms with E-state index in [9.17, 15) is 4.79 Å². The Bertz CT molecular complexity index is 1450. The average Bonchev–Trinajstić information content (AvgIpc) is 3.14. The van der Waals surface area contributed by atoms with Crippen molar-refractivity contribution >= 4 is 28.6 Å². The fraction of sp³-hybridized carbons (Fsp3) is 0.486. The van der Waals surface area contributed by atoms with Crippen LogP contribution in [0.2, 0.25) is 0 Å². The van der Waals surface area contributed by atoms with Crippen molar-refractivity contribution < 1.29 is 23.7 Å². The van der Waals surface area contributed by atoms with Gasteiger partial charge in [-0.15, -0.1) is 0 Å². The summed E-state index contributed by atoms with van der Waals surface area (Å²) in [6.07, 6.45) is 10.8. The van der Waals surface area contributed by atoms with Gasteiger partial charge in [0.25, 0.3) is 5.85 Å². The second kappa shape index (κ2) is 12.6. The normalized spacial score (nSPS) is 18.1. The van der Waals surface area contributed by atoms with Crippen LogP contribution < -0.4 is 19.1 Å². The number of likely N-dealkylation sites (N-methyl/N-ethyl adjacent to an activating group) is 1. The zero-order valence-electron chi connectivity index (χ0n) is 25.7. The summed E-state index contributed by atoms with van der Waals surface area (Å²) in [4.78, 5) is 19.0. The minimum atomic E-state index is -0.939. The number of benzene rings is 3. The van der Waals surface area contributed by atoms with Crippen molar-refractivity contribution in [2.75, 3.05) is 31.8 Å². The standard InChI is InChI=1S/C35H44N2O5/c1-6-8-9-10-11-12-13-20-40-27-17-18-31-30(22-27)34(3,4)35(37(31)5)36-23-29-28-21-26(41-24-33(38)39-7-2)16-14-25(28)15-19-32(29)42-35/h14-19,21-23H,6-13,20,24H2,1-5H3. The summed E-state index contributed by atoms with van der Waals surface area (Å²) < 4.78 is 23.7. The topological polar surface area (TPSA) is 69.6 Å². The highest BCUT2D eigenvalue weighted by Crippen LogP contribution is 2.54. The van der Waals surface area contributed by atoms with Gasteiger partial charge in [0.2, 0.25) is 0 Å². The van der Waals surface area contributed by atoms with Gasteiger partial charge in [0.15, 0.2) is 6.61 Å². The molecule has 0 saturated heterocycles. The first kappa shape index (κ1) is 29.7. The Labute approximate surface area is 249 Å². The Balaban J connectivity index is 1.32. The van der Waals surface area contributed by atoms with E-state index in [0.29, 0.717) is 12.4 Å². The van der Waals surface area contributed by atoms with Crippen LogP contribution in [-0.4, -0.2) is 44.9 Å². The summed E-state index contributed by atoms with van der Waals surface area (Å²) >= 11 is 0. The van der Waals surface area contributed by atoms with Gasteiger partial charge in [0, 0.05) is 24.5 Å². The van der Waals surface area contributed by atoms with Gasteiger partial charge < -0.3 is 23.8 Å². The first-order chi connectivity index (χ1) is 20.3. The van der Waals surface area contributed by atoms with Crippen molar-refractivity contribution in [3.05, 3.63) is 59.7 Å². The van der Waals surface area contributed by atoms with E-state index in [2.05, 4.69) is 43.9 Å². The Kier molecular flexibility index (Phi) is 8.95. The molecular formula is C35H44N2O5. The molecule has 3 aromatic rings. The van der Waals surface area contributed by atoms with Gasteiger partial charge >= 0.3 is 5.97 Å². The SMILES string of the molecule is CCCCCCCCCOc1ccc2c(c1)C(C)(C)C1(N=Cc3c(ccc4ccc(OCC(=O)OCC)cc34)O1)N2C. The molecule has 0 aromatic heterocycles. The fourth-order valence-corrected chi connectivity index (χ4v) is 6.14. The third-order valence-corrected chi connectivity index (χ3v) is 8.57. The molecule has 42 heavy (non-hydrogen) atoms. The Hall–Kier alpha value is -3.74. The lowest BCUT2D eigenvalue weighted by Gasteiger charge is -2.44. The minimum Gasteiger partial charge on any atom is -0.494 e. The largest absolute Gasteiger partial charge is 0.494 e. The minimum absolute atomic E-state index is 0.135. The van der Waals surface area contributed by atoms with Crippen LogP contribution in [0.1, 0.15) is 83.8 Å². The van der Waals surface area contributed by atoms with E-state index in [1.54, 1.807) is 6.92 Å². The van der Waals surface area contributed by atoms with Crippen molar-refractivity contribution in [1.29, 1.82) is 0 Å². The summed E-state index contributed by atoms with van der Waals surface area (Å²) in [6, 6.07) is 16.1. The molecule has 7 nitrogen and oxygen atoms in total. The molecule has 2 aliphatic heterocycles. The van der Waals surface area contributed by atoms with Crippen molar-refractivity contribution in [1.82, 2.24) is 0 Å². The number of rotatable bonds is 13. The number of carbonyl (C=O) groups is 1. The summed E-state index contributed by atoms with van der Waals surface area (Å²) in [7, 11) is 2.04. The van der Waals surface area contributed by atoms with Crippen LogP contribution in [0, 0.1) is 0 Å². The first-order valence-electron chi connectivity index (χ1n) is 15.4. The van der Waals surface area contributed by atoms with Crippen LogP contribution in [0.25, 0.3) is 10.8 Å². The maximum atomic E-state index is 11.8. The van der Waals surface area contributed by atoms with Crippen molar-refractivity contribution in [3.63, 3.8) is 0 Å². The van der Waals surface area contributed by atoms with E-state index in [1.165, 1.54) is 38.5 Å². The highest BCUT2D eigenvalue weighted by molar-refractivity contribution is 6.04. The molecule has 0 N–H and O–H groups in total. The molecule has 3 aromatic carbocycles. The second-order valence-corrected chi connectivity index (χ2v) is 11.8. The number of ether oxygens (including phenoxy) is 4. The van der Waals surface area contributed by atoms with E-state index in [-0.39, 0.29) is 6.61 Å². The number of fused-ring (bicyclic) bond motifs is 4. The summed E-state index contributed by atoms with van der Waals surface area (Å²) in [6.45, 7) is 9.31. The molecule has 0 amide bonds. The molecule has 0 saturated carbocycles. The van der Waals surface area contributed by atoms with E-state index in [1.807, 2.05) is 43.6 Å². The lowest BCUT2D eigenvalue weighted by molar-refractivity contribution is -0.145. The number of esters is 1. The number of hydrogen-bond acceptors (Lipinski definition) is 7. The number of nitrogens with zero attached hydrogens (tertiary/aromatic N) is 2. The highest BCUT2D eigenvalue weighted by Gasteiger charge is 2.59. The zero-order valence-corrected chi connectivity index (χ0v) is 25.7. The van der Waals surface area contributed by atoms with Crippen molar-refractivity contribution in [3.8, 4) is 17.2 Å². The Morgan fingerprint density at radius 2 is 1.62 bits per heavy atom.